The summed E-state index contributed by atoms with van der Waals surface area (Å²) in [6.07, 6.45) is 3.43. The molecular weight excluding hydrogens is 392 g/mol. The summed E-state index contributed by atoms with van der Waals surface area (Å²) in [5, 5.41) is 6.94. The molecule has 0 saturated heterocycles. The summed E-state index contributed by atoms with van der Waals surface area (Å²) in [6, 6.07) is 18.7. The van der Waals surface area contributed by atoms with Gasteiger partial charge >= 0.3 is 0 Å². The van der Waals surface area contributed by atoms with Gasteiger partial charge in [-0.3, -0.25) is 9.78 Å². The molecule has 2 aromatic heterocycles. The van der Waals surface area contributed by atoms with E-state index in [0.29, 0.717) is 17.5 Å². The summed E-state index contributed by atoms with van der Waals surface area (Å²) in [5.41, 5.74) is 3.77. The molecule has 1 N–H and O–H groups in total. The Hall–Kier alpha value is -4.00. The normalized spacial score (nSPS) is 11.7. The zero-order chi connectivity index (χ0) is 21.6. The van der Waals surface area contributed by atoms with Crippen molar-refractivity contribution in [1.82, 2.24) is 20.4 Å². The molecule has 1 atom stereocenters. The molecule has 4 rings (SSSR count). The van der Waals surface area contributed by atoms with Gasteiger partial charge in [0.05, 0.1) is 6.04 Å². The number of nitrogens with one attached hydrogen (secondary N) is 1. The number of hydrogen-bond donors (Lipinski definition) is 1. The Kier molecular flexibility index (Phi) is 6.03. The van der Waals surface area contributed by atoms with Crippen molar-refractivity contribution < 1.29 is 14.1 Å². The molecular formula is C24H22N4O3. The number of hydrogen-bond acceptors (Lipinski definition) is 6. The number of carbonyl (C=O) groups is 1. The van der Waals surface area contributed by atoms with Crippen molar-refractivity contribution in [3.63, 3.8) is 0 Å². The van der Waals surface area contributed by atoms with Gasteiger partial charge in [0.25, 0.3) is 11.8 Å². The molecule has 0 aliphatic carbocycles. The molecule has 0 spiro atoms. The molecule has 7 heteroatoms. The average Bonchev–Trinajstić information content (AvgIpc) is 3.29. The summed E-state index contributed by atoms with van der Waals surface area (Å²) >= 11 is 0. The Morgan fingerprint density at radius 2 is 1.81 bits per heavy atom. The van der Waals surface area contributed by atoms with E-state index >= 15 is 0 Å². The molecule has 4 aromatic rings. The van der Waals surface area contributed by atoms with Crippen LogP contribution in [0, 0.1) is 6.92 Å². The maximum atomic E-state index is 12.2. The van der Waals surface area contributed by atoms with Crippen molar-refractivity contribution in [1.29, 1.82) is 0 Å². The lowest BCUT2D eigenvalue weighted by Gasteiger charge is -2.14. The summed E-state index contributed by atoms with van der Waals surface area (Å²) < 4.78 is 11.0. The van der Waals surface area contributed by atoms with Crippen molar-refractivity contribution in [2.24, 2.45) is 0 Å². The third kappa shape index (κ3) is 5.14. The lowest BCUT2D eigenvalue weighted by atomic mass is 10.1. The molecule has 7 nitrogen and oxygen atoms in total. The predicted octanol–water partition coefficient (Wildman–Crippen LogP) is 4.36. The number of rotatable bonds is 7. The zero-order valence-corrected chi connectivity index (χ0v) is 17.3. The number of aryl methyl sites for hydroxylation is 1. The molecule has 2 heterocycles. The van der Waals surface area contributed by atoms with Crippen LogP contribution in [0.4, 0.5) is 0 Å². The van der Waals surface area contributed by atoms with Gasteiger partial charge < -0.3 is 14.6 Å². The largest absolute Gasteiger partial charge is 0.484 e. The average molecular weight is 414 g/mol. The molecule has 0 bridgehead atoms. The molecule has 0 aliphatic heterocycles. The van der Waals surface area contributed by atoms with Gasteiger partial charge in [-0.2, -0.15) is 4.98 Å². The third-order valence-electron chi connectivity index (χ3n) is 4.77. The highest BCUT2D eigenvalue weighted by atomic mass is 16.5. The van der Waals surface area contributed by atoms with E-state index < -0.39 is 0 Å². The number of carbonyl (C=O) groups excluding carboxylic acids is 1. The highest BCUT2D eigenvalue weighted by Crippen LogP contribution is 2.24. The first kappa shape index (κ1) is 20.3. The Morgan fingerprint density at radius 3 is 2.52 bits per heavy atom. The van der Waals surface area contributed by atoms with Crippen molar-refractivity contribution in [2.45, 2.75) is 19.9 Å². The summed E-state index contributed by atoms with van der Waals surface area (Å²) in [5.74, 6) is 1.33. The summed E-state index contributed by atoms with van der Waals surface area (Å²) in [4.78, 5) is 20.7. The predicted molar refractivity (Wildman–Crippen MR) is 116 cm³/mol. The molecule has 0 radical (unpaired) electrons. The van der Waals surface area contributed by atoms with Crippen LogP contribution >= 0.6 is 0 Å². The molecule has 0 saturated carbocycles. The Bertz CT molecular complexity index is 1140. The monoisotopic (exact) mass is 414 g/mol. The second-order valence-corrected chi connectivity index (χ2v) is 7.18. The van der Waals surface area contributed by atoms with Crippen molar-refractivity contribution in [2.75, 3.05) is 6.61 Å². The van der Waals surface area contributed by atoms with Gasteiger partial charge in [0.2, 0.25) is 5.82 Å². The van der Waals surface area contributed by atoms with Gasteiger partial charge in [0, 0.05) is 23.5 Å². The number of pyridine rings is 1. The topological polar surface area (TPSA) is 90.1 Å². The van der Waals surface area contributed by atoms with Crippen LogP contribution in [0.25, 0.3) is 22.8 Å². The first-order chi connectivity index (χ1) is 15.1. The minimum absolute atomic E-state index is 0.0813. The van der Waals surface area contributed by atoms with E-state index in [2.05, 4.69) is 20.4 Å². The number of ether oxygens (including phenoxy) is 1. The maximum Gasteiger partial charge on any atom is 0.258 e. The number of amides is 1. The van der Waals surface area contributed by atoms with Gasteiger partial charge in [0.15, 0.2) is 6.61 Å². The number of aromatic nitrogens is 3. The van der Waals surface area contributed by atoms with Crippen LogP contribution < -0.4 is 10.1 Å². The summed E-state index contributed by atoms with van der Waals surface area (Å²) in [7, 11) is 0. The molecule has 1 amide bonds. The fraction of sp³-hybridized carbons (Fsp3) is 0.167. The van der Waals surface area contributed by atoms with Crippen LogP contribution in [-0.2, 0) is 4.79 Å². The SMILES string of the molecule is Cc1ccc(-c2noc(-c3ccc(OCC(=O)N[C@@H](C)c4cccnc4)cc3)n2)cc1. The van der Waals surface area contributed by atoms with Gasteiger partial charge in [-0.15, -0.1) is 0 Å². The Labute approximate surface area is 180 Å². The van der Waals surface area contributed by atoms with Crippen LogP contribution in [0.5, 0.6) is 5.75 Å². The quantitative estimate of drug-likeness (QED) is 0.483. The van der Waals surface area contributed by atoms with Crippen LogP contribution in [0.1, 0.15) is 24.1 Å². The van der Waals surface area contributed by atoms with Crippen LogP contribution in [0.2, 0.25) is 0 Å². The van der Waals surface area contributed by atoms with E-state index in [4.69, 9.17) is 9.26 Å². The molecule has 0 aliphatic rings. The van der Waals surface area contributed by atoms with Gasteiger partial charge in [-0.25, -0.2) is 0 Å². The van der Waals surface area contributed by atoms with E-state index in [1.54, 1.807) is 24.5 Å². The number of benzene rings is 2. The smallest absolute Gasteiger partial charge is 0.258 e. The lowest BCUT2D eigenvalue weighted by Crippen LogP contribution is -2.31. The Morgan fingerprint density at radius 1 is 1.06 bits per heavy atom. The minimum Gasteiger partial charge on any atom is -0.484 e. The molecule has 0 unspecified atom stereocenters. The van der Waals surface area contributed by atoms with E-state index in [-0.39, 0.29) is 18.6 Å². The Balaban J connectivity index is 1.33. The van der Waals surface area contributed by atoms with Gasteiger partial charge in [-0.1, -0.05) is 41.1 Å². The van der Waals surface area contributed by atoms with Crippen molar-refractivity contribution in [3.8, 4) is 28.6 Å². The number of nitrogens with zero attached hydrogens (tertiary/aromatic N) is 3. The summed E-state index contributed by atoms with van der Waals surface area (Å²) in [6.45, 7) is 3.85. The second-order valence-electron chi connectivity index (χ2n) is 7.18. The molecule has 156 valence electrons. The first-order valence-electron chi connectivity index (χ1n) is 9.92. The van der Waals surface area contributed by atoms with Crippen LogP contribution in [-0.4, -0.2) is 27.6 Å². The standard InChI is InChI=1S/C24H22N4O3/c1-16-5-7-18(8-6-16)23-27-24(31-28-23)19-9-11-21(12-10-19)30-15-22(29)26-17(2)20-4-3-13-25-14-20/h3-14,17H,15H2,1-2H3,(H,26,29)/t17-/m0/s1. The second kappa shape index (κ2) is 9.21. The van der Waals surface area contributed by atoms with E-state index in [0.717, 1.165) is 16.7 Å². The first-order valence-corrected chi connectivity index (χ1v) is 9.92. The fourth-order valence-corrected chi connectivity index (χ4v) is 3.00. The van der Waals surface area contributed by atoms with Crippen molar-refractivity contribution >= 4 is 5.91 Å². The minimum atomic E-state index is -0.208. The fourth-order valence-electron chi connectivity index (χ4n) is 3.00. The van der Waals surface area contributed by atoms with E-state index in [1.165, 1.54) is 5.56 Å². The molecule has 0 fully saturated rings. The molecule has 31 heavy (non-hydrogen) atoms. The third-order valence-corrected chi connectivity index (χ3v) is 4.77. The van der Waals surface area contributed by atoms with Gasteiger partial charge in [0.1, 0.15) is 5.75 Å². The highest BCUT2D eigenvalue weighted by molar-refractivity contribution is 5.78. The van der Waals surface area contributed by atoms with E-state index in [1.807, 2.05) is 62.4 Å². The maximum absolute atomic E-state index is 12.2. The van der Waals surface area contributed by atoms with Crippen LogP contribution in [0.3, 0.4) is 0 Å². The van der Waals surface area contributed by atoms with Crippen molar-refractivity contribution in [3.05, 3.63) is 84.2 Å². The highest BCUT2D eigenvalue weighted by Gasteiger charge is 2.12. The van der Waals surface area contributed by atoms with Gasteiger partial charge in [-0.05, 0) is 49.7 Å². The molecule has 2 aromatic carbocycles. The zero-order valence-electron chi connectivity index (χ0n) is 17.3. The lowest BCUT2D eigenvalue weighted by molar-refractivity contribution is -0.123. The van der Waals surface area contributed by atoms with Crippen LogP contribution in [0.15, 0.2) is 77.6 Å². The van der Waals surface area contributed by atoms with E-state index in [9.17, 15) is 4.79 Å².